The Morgan fingerprint density at radius 3 is 2.35 bits per heavy atom. The molecule has 0 heterocycles. The van der Waals surface area contributed by atoms with E-state index in [-0.39, 0.29) is 17.6 Å². The predicted octanol–water partition coefficient (Wildman–Crippen LogP) is 2.92. The predicted molar refractivity (Wildman–Crippen MR) is 87.9 cm³/mol. The van der Waals surface area contributed by atoms with Gasteiger partial charge in [-0.3, -0.25) is 9.59 Å². The van der Waals surface area contributed by atoms with Gasteiger partial charge in [0.25, 0.3) is 5.91 Å². The molecule has 0 saturated carbocycles. The molecule has 23 heavy (non-hydrogen) atoms. The highest BCUT2D eigenvalue weighted by molar-refractivity contribution is 5.94. The summed E-state index contributed by atoms with van der Waals surface area (Å²) in [5.41, 5.74) is 2.21. The first kappa shape index (κ1) is 16.7. The minimum atomic E-state index is -0.385. The topological polar surface area (TPSA) is 49.4 Å². The van der Waals surface area contributed by atoms with Crippen LogP contribution in [-0.4, -0.2) is 24.9 Å². The second-order valence-corrected chi connectivity index (χ2v) is 5.22. The van der Waals surface area contributed by atoms with Gasteiger partial charge in [-0.2, -0.15) is 0 Å². The lowest BCUT2D eigenvalue weighted by molar-refractivity contribution is -0.116. The van der Waals surface area contributed by atoms with Crippen LogP contribution in [0, 0.1) is 12.7 Å². The molecule has 0 saturated heterocycles. The molecule has 0 aliphatic rings. The third kappa shape index (κ3) is 4.39. The maximum atomic E-state index is 12.8. The Hall–Kier alpha value is -2.69. The van der Waals surface area contributed by atoms with Crippen LogP contribution in [0.1, 0.15) is 22.8 Å². The molecule has 0 aliphatic carbocycles. The smallest absolute Gasteiger partial charge is 0.251 e. The van der Waals surface area contributed by atoms with Crippen molar-refractivity contribution in [3.8, 4) is 0 Å². The van der Waals surface area contributed by atoms with Gasteiger partial charge in [0, 0.05) is 31.3 Å². The van der Waals surface area contributed by atoms with Crippen molar-refractivity contribution >= 4 is 17.5 Å². The standard InChI is InChI=1S/C18H19FN2O2/c1-13-5-3-4-6-17(13)21(14(2)22)12-11-20-18(23)15-7-9-16(19)10-8-15/h3-10H,11-12H2,1-2H3,(H,20,23). The normalized spacial score (nSPS) is 10.2. The Morgan fingerprint density at radius 1 is 1.09 bits per heavy atom. The van der Waals surface area contributed by atoms with E-state index in [0.717, 1.165) is 11.3 Å². The molecule has 120 valence electrons. The van der Waals surface area contributed by atoms with E-state index in [1.807, 2.05) is 31.2 Å². The summed E-state index contributed by atoms with van der Waals surface area (Å²) in [5.74, 6) is -0.766. The average Bonchev–Trinajstić information content (AvgIpc) is 2.53. The molecular weight excluding hydrogens is 295 g/mol. The van der Waals surface area contributed by atoms with Crippen LogP contribution < -0.4 is 10.2 Å². The summed E-state index contributed by atoms with van der Waals surface area (Å²) in [4.78, 5) is 25.5. The molecule has 0 unspecified atom stereocenters. The minimum Gasteiger partial charge on any atom is -0.350 e. The van der Waals surface area contributed by atoms with Gasteiger partial charge >= 0.3 is 0 Å². The third-order valence-electron chi connectivity index (χ3n) is 3.51. The number of amides is 2. The van der Waals surface area contributed by atoms with E-state index in [0.29, 0.717) is 18.7 Å². The number of benzene rings is 2. The van der Waals surface area contributed by atoms with E-state index >= 15 is 0 Å². The zero-order valence-corrected chi connectivity index (χ0v) is 13.2. The third-order valence-corrected chi connectivity index (χ3v) is 3.51. The van der Waals surface area contributed by atoms with E-state index in [1.165, 1.54) is 31.2 Å². The summed E-state index contributed by atoms with van der Waals surface area (Å²) in [6.07, 6.45) is 0. The molecule has 0 aliphatic heterocycles. The molecule has 2 amide bonds. The van der Waals surface area contributed by atoms with E-state index in [2.05, 4.69) is 5.32 Å². The zero-order valence-electron chi connectivity index (χ0n) is 13.2. The summed E-state index contributed by atoms with van der Waals surface area (Å²) >= 11 is 0. The van der Waals surface area contributed by atoms with Crippen LogP contribution in [0.4, 0.5) is 10.1 Å². The number of rotatable bonds is 5. The number of hydrogen-bond donors (Lipinski definition) is 1. The average molecular weight is 314 g/mol. The molecule has 2 rings (SSSR count). The van der Waals surface area contributed by atoms with Crippen molar-refractivity contribution in [2.75, 3.05) is 18.0 Å². The summed E-state index contributed by atoms with van der Waals surface area (Å²) < 4.78 is 12.8. The minimum absolute atomic E-state index is 0.0877. The van der Waals surface area contributed by atoms with Crippen LogP contribution in [-0.2, 0) is 4.79 Å². The van der Waals surface area contributed by atoms with Gasteiger partial charge in [-0.25, -0.2) is 4.39 Å². The van der Waals surface area contributed by atoms with Crippen LogP contribution in [0.2, 0.25) is 0 Å². The Morgan fingerprint density at radius 2 is 1.74 bits per heavy atom. The molecule has 0 spiro atoms. The number of aryl methyl sites for hydroxylation is 1. The van der Waals surface area contributed by atoms with Crippen molar-refractivity contribution < 1.29 is 14.0 Å². The fourth-order valence-corrected chi connectivity index (χ4v) is 2.30. The Labute approximate surface area is 134 Å². The Bertz CT molecular complexity index is 698. The number of carbonyl (C=O) groups excluding carboxylic acids is 2. The second kappa shape index (κ2) is 7.54. The first-order valence-corrected chi connectivity index (χ1v) is 7.36. The number of anilines is 1. The molecule has 5 heteroatoms. The molecule has 0 atom stereocenters. The summed E-state index contributed by atoms with van der Waals surface area (Å²) in [5, 5.41) is 2.74. The summed E-state index contributed by atoms with van der Waals surface area (Å²) in [6.45, 7) is 4.11. The van der Waals surface area contributed by atoms with Crippen molar-refractivity contribution in [2.24, 2.45) is 0 Å². The number of halogens is 1. The van der Waals surface area contributed by atoms with Crippen LogP contribution in [0.15, 0.2) is 48.5 Å². The van der Waals surface area contributed by atoms with Crippen LogP contribution in [0.5, 0.6) is 0 Å². The molecule has 0 aromatic heterocycles. The lowest BCUT2D eigenvalue weighted by Crippen LogP contribution is -2.37. The van der Waals surface area contributed by atoms with Crippen molar-refractivity contribution in [1.82, 2.24) is 5.32 Å². The number of carbonyl (C=O) groups is 2. The van der Waals surface area contributed by atoms with Gasteiger partial charge in [-0.15, -0.1) is 0 Å². The van der Waals surface area contributed by atoms with E-state index in [4.69, 9.17) is 0 Å². The van der Waals surface area contributed by atoms with Crippen molar-refractivity contribution in [2.45, 2.75) is 13.8 Å². The number of hydrogen-bond acceptors (Lipinski definition) is 2. The zero-order chi connectivity index (χ0) is 16.8. The SMILES string of the molecule is CC(=O)N(CCNC(=O)c1ccc(F)cc1)c1ccccc1C. The van der Waals surface area contributed by atoms with Crippen LogP contribution in [0.3, 0.4) is 0 Å². The van der Waals surface area contributed by atoms with Crippen LogP contribution >= 0.6 is 0 Å². The number of nitrogens with zero attached hydrogens (tertiary/aromatic N) is 1. The van der Waals surface area contributed by atoms with Gasteiger partial charge in [0.05, 0.1) is 0 Å². The molecule has 2 aromatic carbocycles. The van der Waals surface area contributed by atoms with Crippen molar-refractivity contribution in [3.05, 3.63) is 65.5 Å². The maximum absolute atomic E-state index is 12.8. The molecular formula is C18H19FN2O2. The number of nitrogens with one attached hydrogen (secondary N) is 1. The largest absolute Gasteiger partial charge is 0.350 e. The molecule has 2 aromatic rings. The highest BCUT2D eigenvalue weighted by Gasteiger charge is 2.13. The fraction of sp³-hybridized carbons (Fsp3) is 0.222. The maximum Gasteiger partial charge on any atom is 0.251 e. The van der Waals surface area contributed by atoms with E-state index in [1.54, 1.807) is 4.90 Å². The molecule has 0 bridgehead atoms. The van der Waals surface area contributed by atoms with Gasteiger partial charge in [0.15, 0.2) is 0 Å². The molecule has 0 radical (unpaired) electrons. The van der Waals surface area contributed by atoms with Gasteiger partial charge in [0.1, 0.15) is 5.82 Å². The van der Waals surface area contributed by atoms with Gasteiger partial charge in [0.2, 0.25) is 5.91 Å². The lowest BCUT2D eigenvalue weighted by Gasteiger charge is -2.23. The van der Waals surface area contributed by atoms with Gasteiger partial charge < -0.3 is 10.2 Å². The second-order valence-electron chi connectivity index (χ2n) is 5.22. The van der Waals surface area contributed by atoms with Crippen molar-refractivity contribution in [1.29, 1.82) is 0 Å². The van der Waals surface area contributed by atoms with E-state index in [9.17, 15) is 14.0 Å². The first-order valence-electron chi connectivity index (χ1n) is 7.36. The van der Waals surface area contributed by atoms with E-state index < -0.39 is 0 Å². The number of para-hydroxylation sites is 1. The fourth-order valence-electron chi connectivity index (χ4n) is 2.30. The summed E-state index contributed by atoms with van der Waals surface area (Å²) in [6, 6.07) is 12.9. The van der Waals surface area contributed by atoms with Gasteiger partial charge in [-0.05, 0) is 42.8 Å². The molecule has 1 N–H and O–H groups in total. The first-order chi connectivity index (χ1) is 11.0. The van der Waals surface area contributed by atoms with Crippen molar-refractivity contribution in [3.63, 3.8) is 0 Å². The summed E-state index contributed by atoms with van der Waals surface area (Å²) in [7, 11) is 0. The Balaban J connectivity index is 1.97. The molecule has 4 nitrogen and oxygen atoms in total. The van der Waals surface area contributed by atoms with Crippen LogP contribution in [0.25, 0.3) is 0 Å². The highest BCUT2D eigenvalue weighted by Crippen LogP contribution is 2.19. The molecule has 0 fully saturated rings. The highest BCUT2D eigenvalue weighted by atomic mass is 19.1. The monoisotopic (exact) mass is 314 g/mol. The quantitative estimate of drug-likeness (QED) is 0.922. The lowest BCUT2D eigenvalue weighted by atomic mass is 10.2. The Kier molecular flexibility index (Phi) is 5.46. The van der Waals surface area contributed by atoms with Gasteiger partial charge in [-0.1, -0.05) is 18.2 Å².